The van der Waals surface area contributed by atoms with Crippen LogP contribution in [0.15, 0.2) is 42.7 Å². The van der Waals surface area contributed by atoms with E-state index in [1.807, 2.05) is 31.2 Å². The number of carbonyl (C=O) groups is 1. The van der Waals surface area contributed by atoms with Crippen molar-refractivity contribution in [3.05, 3.63) is 59.7 Å². The first-order valence-corrected chi connectivity index (χ1v) is 6.34. The summed E-state index contributed by atoms with van der Waals surface area (Å²) in [5, 5.41) is 2.90. The summed E-state index contributed by atoms with van der Waals surface area (Å²) in [7, 11) is 1.59. The molecule has 2 aromatic heterocycles. The van der Waals surface area contributed by atoms with Gasteiger partial charge in [-0.05, 0) is 30.7 Å². The van der Waals surface area contributed by atoms with Crippen LogP contribution in [0.4, 0.5) is 0 Å². The van der Waals surface area contributed by atoms with E-state index in [0.29, 0.717) is 12.3 Å². The molecule has 0 saturated carbocycles. The average Bonchev–Trinajstić information content (AvgIpc) is 2.48. The van der Waals surface area contributed by atoms with Crippen LogP contribution in [0, 0.1) is 6.92 Å². The van der Waals surface area contributed by atoms with Gasteiger partial charge in [0.15, 0.2) is 0 Å². The predicted octanol–water partition coefficient (Wildman–Crippen LogP) is 1.90. The van der Waals surface area contributed by atoms with E-state index in [2.05, 4.69) is 15.3 Å². The number of aromatic nitrogens is 2. The Morgan fingerprint density at radius 3 is 2.70 bits per heavy atom. The highest BCUT2D eigenvalue weighted by molar-refractivity contribution is 5.93. The minimum atomic E-state index is -0.296. The Kier molecular flexibility index (Phi) is 4.79. The number of carbonyl (C=O) groups excluding carboxylic acids is 1. The average molecular weight is 271 g/mol. The number of hydrogen-bond acceptors (Lipinski definition) is 4. The van der Waals surface area contributed by atoms with Crippen molar-refractivity contribution in [3.8, 4) is 0 Å². The Bertz CT molecular complexity index is 572. The Morgan fingerprint density at radius 2 is 2.05 bits per heavy atom. The highest BCUT2D eigenvalue weighted by Crippen LogP contribution is 2.12. The smallest absolute Gasteiger partial charge is 0.270 e. The third kappa shape index (κ3) is 3.39. The number of methoxy groups -OCH3 is 1. The van der Waals surface area contributed by atoms with Gasteiger partial charge >= 0.3 is 0 Å². The van der Waals surface area contributed by atoms with E-state index in [0.717, 1.165) is 11.3 Å². The van der Waals surface area contributed by atoms with Gasteiger partial charge < -0.3 is 10.1 Å². The van der Waals surface area contributed by atoms with Crippen LogP contribution in [0.2, 0.25) is 0 Å². The molecular formula is C15H17N3O2. The second kappa shape index (κ2) is 6.77. The maximum atomic E-state index is 12.3. The van der Waals surface area contributed by atoms with Crippen molar-refractivity contribution in [2.24, 2.45) is 0 Å². The van der Waals surface area contributed by atoms with E-state index < -0.39 is 0 Å². The Morgan fingerprint density at radius 1 is 1.25 bits per heavy atom. The third-order valence-corrected chi connectivity index (χ3v) is 2.91. The van der Waals surface area contributed by atoms with Crippen LogP contribution in [-0.2, 0) is 4.74 Å². The van der Waals surface area contributed by atoms with Gasteiger partial charge in [-0.15, -0.1) is 0 Å². The monoisotopic (exact) mass is 271 g/mol. The lowest BCUT2D eigenvalue weighted by Crippen LogP contribution is -2.32. The summed E-state index contributed by atoms with van der Waals surface area (Å²) >= 11 is 0. The van der Waals surface area contributed by atoms with Gasteiger partial charge in [-0.3, -0.25) is 14.8 Å². The number of ether oxygens (including phenoxy) is 1. The lowest BCUT2D eigenvalue weighted by atomic mass is 10.1. The van der Waals surface area contributed by atoms with Crippen LogP contribution in [0.1, 0.15) is 27.8 Å². The first-order chi connectivity index (χ1) is 9.72. The highest BCUT2D eigenvalue weighted by Gasteiger charge is 2.18. The lowest BCUT2D eigenvalue weighted by Gasteiger charge is -2.17. The molecule has 104 valence electrons. The molecule has 2 aromatic rings. The number of pyridine rings is 2. The van der Waals surface area contributed by atoms with Crippen molar-refractivity contribution in [2.45, 2.75) is 13.0 Å². The topological polar surface area (TPSA) is 64.1 Å². The van der Waals surface area contributed by atoms with Crippen LogP contribution in [0.25, 0.3) is 0 Å². The molecule has 0 aliphatic rings. The minimum Gasteiger partial charge on any atom is -0.382 e. The molecule has 20 heavy (non-hydrogen) atoms. The van der Waals surface area contributed by atoms with Crippen LogP contribution < -0.4 is 5.32 Å². The second-order valence-electron chi connectivity index (χ2n) is 4.40. The standard InChI is InChI=1S/C15H17N3O2/c1-11-6-5-9-17-14(11)15(19)18-13(10-20-2)12-7-3-4-8-16-12/h3-9,13H,10H2,1-2H3,(H,18,19)/t13-/m1/s1. The lowest BCUT2D eigenvalue weighted by molar-refractivity contribution is 0.0888. The van der Waals surface area contributed by atoms with E-state index in [1.54, 1.807) is 25.6 Å². The second-order valence-corrected chi connectivity index (χ2v) is 4.40. The van der Waals surface area contributed by atoms with E-state index in [-0.39, 0.29) is 11.9 Å². The first kappa shape index (κ1) is 14.1. The first-order valence-electron chi connectivity index (χ1n) is 6.34. The third-order valence-electron chi connectivity index (χ3n) is 2.91. The summed E-state index contributed by atoms with van der Waals surface area (Å²) in [5.74, 6) is -0.226. The zero-order valence-corrected chi connectivity index (χ0v) is 11.5. The van der Waals surface area contributed by atoms with E-state index in [4.69, 9.17) is 4.74 Å². The molecule has 0 aromatic carbocycles. The van der Waals surface area contributed by atoms with Crippen molar-refractivity contribution in [1.29, 1.82) is 0 Å². The van der Waals surface area contributed by atoms with E-state index >= 15 is 0 Å². The van der Waals surface area contributed by atoms with Gasteiger partial charge in [0.05, 0.1) is 18.3 Å². The van der Waals surface area contributed by atoms with Crippen molar-refractivity contribution in [2.75, 3.05) is 13.7 Å². The van der Waals surface area contributed by atoms with Crippen molar-refractivity contribution < 1.29 is 9.53 Å². The van der Waals surface area contributed by atoms with Crippen LogP contribution in [0.3, 0.4) is 0 Å². The minimum absolute atomic E-state index is 0.226. The summed E-state index contributed by atoms with van der Waals surface area (Å²) in [6.45, 7) is 2.21. The molecule has 0 radical (unpaired) electrons. The molecular weight excluding hydrogens is 254 g/mol. The van der Waals surface area contributed by atoms with Gasteiger partial charge in [0, 0.05) is 19.5 Å². The SMILES string of the molecule is COC[C@@H](NC(=O)c1ncccc1C)c1ccccn1. The Labute approximate surface area is 118 Å². The maximum absolute atomic E-state index is 12.3. The van der Waals surface area contributed by atoms with E-state index in [1.165, 1.54) is 0 Å². The van der Waals surface area contributed by atoms with Crippen molar-refractivity contribution >= 4 is 5.91 Å². The molecule has 1 N–H and O–H groups in total. The molecule has 0 unspecified atom stereocenters. The maximum Gasteiger partial charge on any atom is 0.270 e. The largest absolute Gasteiger partial charge is 0.382 e. The predicted molar refractivity (Wildman–Crippen MR) is 75.3 cm³/mol. The quantitative estimate of drug-likeness (QED) is 0.902. The number of aryl methyl sites for hydroxylation is 1. The van der Waals surface area contributed by atoms with Crippen LogP contribution in [-0.4, -0.2) is 29.6 Å². The van der Waals surface area contributed by atoms with Crippen molar-refractivity contribution in [1.82, 2.24) is 15.3 Å². The number of nitrogens with zero attached hydrogens (tertiary/aromatic N) is 2. The number of amides is 1. The van der Waals surface area contributed by atoms with Gasteiger partial charge in [-0.1, -0.05) is 12.1 Å². The molecule has 2 heterocycles. The molecule has 0 aliphatic carbocycles. The highest BCUT2D eigenvalue weighted by atomic mass is 16.5. The summed E-state index contributed by atoms with van der Waals surface area (Å²) in [6.07, 6.45) is 3.30. The number of hydrogen-bond donors (Lipinski definition) is 1. The fourth-order valence-corrected chi connectivity index (χ4v) is 1.90. The van der Waals surface area contributed by atoms with Gasteiger partial charge in [0.2, 0.25) is 0 Å². The van der Waals surface area contributed by atoms with Crippen LogP contribution in [0.5, 0.6) is 0 Å². The molecule has 0 saturated heterocycles. The zero-order chi connectivity index (χ0) is 14.4. The van der Waals surface area contributed by atoms with Gasteiger partial charge in [0.25, 0.3) is 5.91 Å². The molecule has 5 nitrogen and oxygen atoms in total. The molecule has 2 rings (SSSR count). The molecule has 1 amide bonds. The van der Waals surface area contributed by atoms with Gasteiger partial charge in [0.1, 0.15) is 5.69 Å². The molecule has 0 spiro atoms. The normalized spacial score (nSPS) is 11.9. The number of rotatable bonds is 5. The van der Waals surface area contributed by atoms with Gasteiger partial charge in [-0.2, -0.15) is 0 Å². The summed E-state index contributed by atoms with van der Waals surface area (Å²) in [6, 6.07) is 8.93. The number of nitrogens with one attached hydrogen (secondary N) is 1. The summed E-state index contributed by atoms with van der Waals surface area (Å²) < 4.78 is 5.15. The zero-order valence-electron chi connectivity index (χ0n) is 11.5. The molecule has 1 atom stereocenters. The van der Waals surface area contributed by atoms with Gasteiger partial charge in [-0.25, -0.2) is 0 Å². The Hall–Kier alpha value is -2.27. The summed E-state index contributed by atoms with van der Waals surface area (Å²) in [5.41, 5.74) is 2.02. The molecule has 0 bridgehead atoms. The fraction of sp³-hybridized carbons (Fsp3) is 0.267. The molecule has 5 heteroatoms. The molecule has 0 aliphatic heterocycles. The Balaban J connectivity index is 2.17. The van der Waals surface area contributed by atoms with E-state index in [9.17, 15) is 4.79 Å². The fourth-order valence-electron chi connectivity index (χ4n) is 1.90. The van der Waals surface area contributed by atoms with Crippen LogP contribution >= 0.6 is 0 Å². The molecule has 0 fully saturated rings. The van der Waals surface area contributed by atoms with Crippen molar-refractivity contribution in [3.63, 3.8) is 0 Å². The summed E-state index contributed by atoms with van der Waals surface area (Å²) in [4.78, 5) is 20.6.